The van der Waals surface area contributed by atoms with E-state index < -0.39 is 6.10 Å². The largest absolute Gasteiger partial charge is 0.493 e. The summed E-state index contributed by atoms with van der Waals surface area (Å²) in [7, 11) is 3.07. The van der Waals surface area contributed by atoms with Crippen molar-refractivity contribution in [2.45, 2.75) is 12.5 Å². The van der Waals surface area contributed by atoms with Gasteiger partial charge in [-0.2, -0.15) is 0 Å². The number of benzene rings is 2. The van der Waals surface area contributed by atoms with E-state index >= 15 is 0 Å². The van der Waals surface area contributed by atoms with Crippen molar-refractivity contribution < 1.29 is 14.6 Å². The third-order valence-corrected chi connectivity index (χ3v) is 4.13. The van der Waals surface area contributed by atoms with Crippen LogP contribution in [0.2, 0.25) is 5.02 Å². The van der Waals surface area contributed by atoms with E-state index in [4.69, 9.17) is 21.1 Å². The molecular weight excluding hydrogens is 356 g/mol. The topological polar surface area (TPSA) is 38.7 Å². The first-order valence-corrected chi connectivity index (χ1v) is 7.56. The number of halogens is 2. The molecule has 0 amide bonds. The van der Waals surface area contributed by atoms with Crippen LogP contribution >= 0.6 is 27.5 Å². The average molecular weight is 372 g/mol. The predicted octanol–water partition coefficient (Wildman–Crippen LogP) is 4.40. The minimum Gasteiger partial charge on any atom is -0.493 e. The molecule has 0 aliphatic rings. The summed E-state index contributed by atoms with van der Waals surface area (Å²) in [5, 5.41) is 10.8. The molecule has 0 bridgehead atoms. The standard InChI is InChI=1S/C16H16BrClO3/c1-20-14-8-7-12(15(18)16(14)21-2)13(19)9-10-3-5-11(17)6-4-10/h3-8,13,19H,9H2,1-2H3. The maximum atomic E-state index is 10.4. The molecule has 2 rings (SSSR count). The van der Waals surface area contributed by atoms with E-state index in [1.54, 1.807) is 19.2 Å². The smallest absolute Gasteiger partial charge is 0.179 e. The van der Waals surface area contributed by atoms with Gasteiger partial charge in [-0.15, -0.1) is 0 Å². The van der Waals surface area contributed by atoms with Gasteiger partial charge in [0.15, 0.2) is 11.5 Å². The number of hydrogen-bond acceptors (Lipinski definition) is 3. The van der Waals surface area contributed by atoms with Crippen molar-refractivity contribution in [3.8, 4) is 11.5 Å². The number of methoxy groups -OCH3 is 2. The monoisotopic (exact) mass is 370 g/mol. The molecule has 2 aromatic rings. The molecule has 3 nitrogen and oxygen atoms in total. The summed E-state index contributed by atoms with van der Waals surface area (Å²) in [6.45, 7) is 0. The van der Waals surface area contributed by atoms with Crippen molar-refractivity contribution in [1.29, 1.82) is 0 Å². The highest BCUT2D eigenvalue weighted by atomic mass is 79.9. The van der Waals surface area contributed by atoms with Gasteiger partial charge in [0.05, 0.1) is 25.3 Å². The Kier molecular flexibility index (Phi) is 5.51. The Morgan fingerprint density at radius 2 is 1.76 bits per heavy atom. The molecule has 2 aromatic carbocycles. The summed E-state index contributed by atoms with van der Waals surface area (Å²) in [5.41, 5.74) is 1.65. The van der Waals surface area contributed by atoms with Gasteiger partial charge in [-0.05, 0) is 23.8 Å². The average Bonchev–Trinajstić information content (AvgIpc) is 2.49. The Bertz CT molecular complexity index is 614. The predicted molar refractivity (Wildman–Crippen MR) is 87.4 cm³/mol. The molecule has 0 aliphatic heterocycles. The molecule has 0 radical (unpaired) electrons. The van der Waals surface area contributed by atoms with E-state index in [0.717, 1.165) is 10.0 Å². The van der Waals surface area contributed by atoms with E-state index in [9.17, 15) is 5.11 Å². The molecule has 5 heteroatoms. The van der Waals surface area contributed by atoms with E-state index in [1.807, 2.05) is 24.3 Å². The summed E-state index contributed by atoms with van der Waals surface area (Å²) < 4.78 is 11.4. The Hall–Kier alpha value is -1.23. The maximum Gasteiger partial charge on any atom is 0.179 e. The van der Waals surface area contributed by atoms with Crippen LogP contribution in [-0.2, 0) is 6.42 Å². The zero-order valence-corrected chi connectivity index (χ0v) is 14.1. The molecule has 1 unspecified atom stereocenters. The number of ether oxygens (including phenoxy) is 2. The van der Waals surface area contributed by atoms with Crippen molar-refractivity contribution in [1.82, 2.24) is 0 Å². The molecule has 1 N–H and O–H groups in total. The van der Waals surface area contributed by atoms with Crippen LogP contribution < -0.4 is 9.47 Å². The van der Waals surface area contributed by atoms with Crippen molar-refractivity contribution in [2.24, 2.45) is 0 Å². The molecule has 21 heavy (non-hydrogen) atoms. The molecule has 0 aliphatic carbocycles. The molecule has 0 spiro atoms. The van der Waals surface area contributed by atoms with Crippen molar-refractivity contribution in [3.05, 3.63) is 57.0 Å². The molecule has 0 fully saturated rings. The number of aliphatic hydroxyl groups is 1. The fourth-order valence-corrected chi connectivity index (χ4v) is 2.74. The Morgan fingerprint density at radius 1 is 1.10 bits per heavy atom. The van der Waals surface area contributed by atoms with Crippen LogP contribution in [0.25, 0.3) is 0 Å². The van der Waals surface area contributed by atoms with Crippen molar-refractivity contribution in [3.63, 3.8) is 0 Å². The van der Waals surface area contributed by atoms with Crippen LogP contribution in [0.1, 0.15) is 17.2 Å². The van der Waals surface area contributed by atoms with Gasteiger partial charge in [-0.3, -0.25) is 0 Å². The van der Waals surface area contributed by atoms with Crippen LogP contribution in [0.4, 0.5) is 0 Å². The Morgan fingerprint density at radius 3 is 2.33 bits per heavy atom. The maximum absolute atomic E-state index is 10.4. The minimum absolute atomic E-state index is 0.376. The summed E-state index contributed by atoms with van der Waals surface area (Å²) in [6.07, 6.45) is -0.235. The molecule has 1 atom stereocenters. The number of aliphatic hydroxyl groups excluding tert-OH is 1. The SMILES string of the molecule is COc1ccc(C(O)Cc2ccc(Br)cc2)c(Cl)c1OC. The Balaban J connectivity index is 2.26. The lowest BCUT2D eigenvalue weighted by Gasteiger charge is -2.17. The van der Waals surface area contributed by atoms with Crippen LogP contribution in [0.5, 0.6) is 11.5 Å². The molecule has 0 saturated carbocycles. The summed E-state index contributed by atoms with van der Waals surface area (Å²) in [4.78, 5) is 0. The fraction of sp³-hybridized carbons (Fsp3) is 0.250. The van der Waals surface area contributed by atoms with Crippen LogP contribution in [0.15, 0.2) is 40.9 Å². The first kappa shape index (κ1) is 16.1. The second-order valence-corrected chi connectivity index (χ2v) is 5.84. The van der Waals surface area contributed by atoms with Crippen molar-refractivity contribution in [2.75, 3.05) is 14.2 Å². The third kappa shape index (κ3) is 3.70. The zero-order chi connectivity index (χ0) is 15.4. The summed E-state index contributed by atoms with van der Waals surface area (Å²) in [6, 6.07) is 11.3. The normalized spacial score (nSPS) is 12.0. The van der Waals surface area contributed by atoms with Crippen LogP contribution in [0, 0.1) is 0 Å². The lowest BCUT2D eigenvalue weighted by atomic mass is 10.0. The highest BCUT2D eigenvalue weighted by Crippen LogP contribution is 2.40. The van der Waals surface area contributed by atoms with E-state index in [1.165, 1.54) is 7.11 Å². The molecule has 0 saturated heterocycles. The van der Waals surface area contributed by atoms with Gasteiger partial charge in [0, 0.05) is 16.5 Å². The number of rotatable bonds is 5. The van der Waals surface area contributed by atoms with Crippen LogP contribution in [0.3, 0.4) is 0 Å². The van der Waals surface area contributed by atoms with Gasteiger partial charge in [0.25, 0.3) is 0 Å². The molecule has 0 aromatic heterocycles. The Labute approximate surface area is 137 Å². The second kappa shape index (κ2) is 7.16. The number of hydrogen-bond donors (Lipinski definition) is 1. The first-order valence-electron chi connectivity index (χ1n) is 6.39. The van der Waals surface area contributed by atoms with Gasteiger partial charge >= 0.3 is 0 Å². The lowest BCUT2D eigenvalue weighted by Crippen LogP contribution is -2.04. The van der Waals surface area contributed by atoms with E-state index in [-0.39, 0.29) is 0 Å². The highest BCUT2D eigenvalue weighted by molar-refractivity contribution is 9.10. The quantitative estimate of drug-likeness (QED) is 0.847. The van der Waals surface area contributed by atoms with Gasteiger partial charge in [-0.1, -0.05) is 45.7 Å². The fourth-order valence-electron chi connectivity index (χ4n) is 2.12. The van der Waals surface area contributed by atoms with Gasteiger partial charge < -0.3 is 14.6 Å². The minimum atomic E-state index is -0.710. The second-order valence-electron chi connectivity index (χ2n) is 4.55. The zero-order valence-electron chi connectivity index (χ0n) is 11.8. The third-order valence-electron chi connectivity index (χ3n) is 3.22. The molecule has 112 valence electrons. The van der Waals surface area contributed by atoms with E-state index in [0.29, 0.717) is 28.5 Å². The molecule has 0 heterocycles. The first-order chi connectivity index (χ1) is 10.1. The van der Waals surface area contributed by atoms with Gasteiger partial charge in [-0.25, -0.2) is 0 Å². The van der Waals surface area contributed by atoms with Gasteiger partial charge in [0.1, 0.15) is 0 Å². The van der Waals surface area contributed by atoms with Crippen LogP contribution in [-0.4, -0.2) is 19.3 Å². The van der Waals surface area contributed by atoms with Gasteiger partial charge in [0.2, 0.25) is 0 Å². The van der Waals surface area contributed by atoms with E-state index in [2.05, 4.69) is 15.9 Å². The summed E-state index contributed by atoms with van der Waals surface area (Å²) >= 11 is 9.70. The van der Waals surface area contributed by atoms with Crippen molar-refractivity contribution >= 4 is 27.5 Å². The molecular formula is C16H16BrClO3. The lowest BCUT2D eigenvalue weighted by molar-refractivity contribution is 0.178. The highest BCUT2D eigenvalue weighted by Gasteiger charge is 2.18. The summed E-state index contributed by atoms with van der Waals surface area (Å²) in [5.74, 6) is 0.980.